The highest BCUT2D eigenvalue weighted by molar-refractivity contribution is 5.90. The molecule has 0 bridgehead atoms. The lowest BCUT2D eigenvalue weighted by molar-refractivity contribution is -0.384. The summed E-state index contributed by atoms with van der Waals surface area (Å²) in [4.78, 5) is 18.6. The number of nitro groups is 1. The first-order valence-corrected chi connectivity index (χ1v) is 8.57. The molecule has 1 N–H and O–H groups in total. The van der Waals surface area contributed by atoms with E-state index in [4.69, 9.17) is 4.52 Å². The fourth-order valence-corrected chi connectivity index (χ4v) is 2.83. The molecular weight excluding hydrogens is 403 g/mol. The summed E-state index contributed by atoms with van der Waals surface area (Å²) in [6.45, 7) is 0.191. The van der Waals surface area contributed by atoms with Crippen molar-refractivity contribution in [2.24, 2.45) is 0 Å². The summed E-state index contributed by atoms with van der Waals surface area (Å²) in [5.74, 6) is 0.876. The van der Waals surface area contributed by atoms with Crippen molar-refractivity contribution in [2.75, 3.05) is 5.32 Å². The van der Waals surface area contributed by atoms with E-state index in [0.717, 1.165) is 12.1 Å². The number of aromatic nitrogens is 3. The van der Waals surface area contributed by atoms with Crippen LogP contribution >= 0.6 is 0 Å². The standard InChI is InChI=1S/C19H12F3N5O3/c20-19(21,22)12-3-1-11(2-4-12)16-8-14(30-26-16)9-23-18-15-6-5-13(27(28)29)7-17(15)24-10-25-18/h1-8,10H,9H2,(H,23,24,25). The highest BCUT2D eigenvalue weighted by Gasteiger charge is 2.30. The minimum Gasteiger partial charge on any atom is -0.362 e. The summed E-state index contributed by atoms with van der Waals surface area (Å²) >= 11 is 0. The lowest BCUT2D eigenvalue weighted by Gasteiger charge is -2.06. The molecule has 0 aliphatic rings. The lowest BCUT2D eigenvalue weighted by atomic mass is 10.1. The van der Waals surface area contributed by atoms with Crippen LogP contribution in [0.4, 0.5) is 24.7 Å². The van der Waals surface area contributed by atoms with E-state index in [9.17, 15) is 23.3 Å². The third kappa shape index (κ3) is 3.90. The van der Waals surface area contributed by atoms with Gasteiger partial charge in [0.25, 0.3) is 5.69 Å². The Bertz CT molecular complexity index is 1220. The number of non-ortho nitro benzene ring substituents is 1. The van der Waals surface area contributed by atoms with E-state index in [1.54, 1.807) is 12.1 Å². The van der Waals surface area contributed by atoms with Crippen molar-refractivity contribution in [2.45, 2.75) is 12.7 Å². The molecule has 0 atom stereocenters. The molecule has 0 radical (unpaired) electrons. The number of rotatable bonds is 5. The van der Waals surface area contributed by atoms with Gasteiger partial charge in [-0.05, 0) is 18.2 Å². The maximum absolute atomic E-state index is 12.7. The van der Waals surface area contributed by atoms with E-state index in [0.29, 0.717) is 33.7 Å². The van der Waals surface area contributed by atoms with Gasteiger partial charge in [-0.15, -0.1) is 0 Å². The van der Waals surface area contributed by atoms with E-state index in [1.807, 2.05) is 0 Å². The summed E-state index contributed by atoms with van der Waals surface area (Å²) in [7, 11) is 0. The average Bonchev–Trinajstić information content (AvgIpc) is 3.20. The molecule has 11 heteroatoms. The molecule has 4 rings (SSSR count). The van der Waals surface area contributed by atoms with Gasteiger partial charge in [0.2, 0.25) is 0 Å². The summed E-state index contributed by atoms with van der Waals surface area (Å²) in [6.07, 6.45) is -3.12. The number of hydrogen-bond acceptors (Lipinski definition) is 7. The van der Waals surface area contributed by atoms with Crippen molar-refractivity contribution in [3.05, 3.63) is 76.3 Å². The first-order valence-electron chi connectivity index (χ1n) is 8.57. The van der Waals surface area contributed by atoms with Gasteiger partial charge in [-0.2, -0.15) is 13.2 Å². The minimum absolute atomic E-state index is 0.0800. The van der Waals surface area contributed by atoms with Crippen LogP contribution in [0.15, 0.2) is 59.4 Å². The number of nitro benzene ring substituents is 1. The van der Waals surface area contributed by atoms with Gasteiger partial charge in [0.1, 0.15) is 17.8 Å². The van der Waals surface area contributed by atoms with Crippen molar-refractivity contribution >= 4 is 22.4 Å². The molecule has 0 aliphatic carbocycles. The molecule has 0 unspecified atom stereocenters. The van der Waals surface area contributed by atoms with Crippen LogP contribution < -0.4 is 5.32 Å². The molecule has 30 heavy (non-hydrogen) atoms. The Morgan fingerprint density at radius 1 is 1.07 bits per heavy atom. The van der Waals surface area contributed by atoms with Gasteiger partial charge in [-0.3, -0.25) is 10.1 Å². The van der Waals surface area contributed by atoms with Crippen LogP contribution in [-0.4, -0.2) is 20.0 Å². The van der Waals surface area contributed by atoms with Crippen LogP contribution in [-0.2, 0) is 12.7 Å². The third-order valence-corrected chi connectivity index (χ3v) is 4.33. The number of anilines is 1. The normalized spacial score (nSPS) is 11.6. The van der Waals surface area contributed by atoms with Crippen molar-refractivity contribution in [1.29, 1.82) is 0 Å². The first-order chi connectivity index (χ1) is 14.3. The first kappa shape index (κ1) is 19.3. The van der Waals surface area contributed by atoms with Crippen molar-refractivity contribution in [3.8, 4) is 11.3 Å². The van der Waals surface area contributed by atoms with E-state index in [2.05, 4.69) is 20.4 Å². The van der Waals surface area contributed by atoms with Crippen molar-refractivity contribution in [3.63, 3.8) is 0 Å². The zero-order chi connectivity index (χ0) is 21.3. The predicted octanol–water partition coefficient (Wildman–Crippen LogP) is 4.82. The van der Waals surface area contributed by atoms with Crippen LogP contribution in [0.3, 0.4) is 0 Å². The third-order valence-electron chi connectivity index (χ3n) is 4.33. The number of nitrogens with one attached hydrogen (secondary N) is 1. The van der Waals surface area contributed by atoms with Crippen LogP contribution in [0.2, 0.25) is 0 Å². The SMILES string of the molecule is O=[N+]([O-])c1ccc2c(NCc3cc(-c4ccc(C(F)(F)F)cc4)no3)ncnc2c1. The van der Waals surface area contributed by atoms with Gasteiger partial charge < -0.3 is 9.84 Å². The number of halogens is 3. The van der Waals surface area contributed by atoms with Gasteiger partial charge in [0.05, 0.1) is 22.5 Å². The van der Waals surface area contributed by atoms with Gasteiger partial charge in [-0.25, -0.2) is 9.97 Å². The van der Waals surface area contributed by atoms with Crippen LogP contribution in [0.25, 0.3) is 22.2 Å². The van der Waals surface area contributed by atoms with Crippen LogP contribution in [0.1, 0.15) is 11.3 Å². The molecular formula is C19H12F3N5O3. The summed E-state index contributed by atoms with van der Waals surface area (Å²) in [5.41, 5.74) is 0.460. The number of hydrogen-bond donors (Lipinski definition) is 1. The molecule has 152 valence electrons. The molecule has 8 nitrogen and oxygen atoms in total. The van der Waals surface area contributed by atoms with E-state index < -0.39 is 16.7 Å². The largest absolute Gasteiger partial charge is 0.416 e. The second-order valence-electron chi connectivity index (χ2n) is 6.29. The fourth-order valence-electron chi connectivity index (χ4n) is 2.83. The van der Waals surface area contributed by atoms with Gasteiger partial charge >= 0.3 is 6.18 Å². The fraction of sp³-hybridized carbons (Fsp3) is 0.105. The molecule has 2 aromatic carbocycles. The molecule has 0 spiro atoms. The number of fused-ring (bicyclic) bond motifs is 1. The smallest absolute Gasteiger partial charge is 0.362 e. The monoisotopic (exact) mass is 415 g/mol. The summed E-state index contributed by atoms with van der Waals surface area (Å²) in [5, 5.41) is 18.4. The molecule has 4 aromatic rings. The number of nitrogens with zero attached hydrogens (tertiary/aromatic N) is 4. The predicted molar refractivity (Wildman–Crippen MR) is 100 cm³/mol. The highest BCUT2D eigenvalue weighted by atomic mass is 19.4. The topological polar surface area (TPSA) is 107 Å². The van der Waals surface area contributed by atoms with Crippen LogP contribution in [0, 0.1) is 10.1 Å². The van der Waals surface area contributed by atoms with Gasteiger partial charge in [-0.1, -0.05) is 17.3 Å². The summed E-state index contributed by atoms with van der Waals surface area (Å²) in [6, 6.07) is 10.5. The Kier molecular flexibility index (Phi) is 4.78. The number of alkyl halides is 3. The molecule has 2 aromatic heterocycles. The molecule has 0 saturated heterocycles. The second kappa shape index (κ2) is 7.43. The Balaban J connectivity index is 1.50. The van der Waals surface area contributed by atoms with E-state index in [-0.39, 0.29) is 12.2 Å². The molecule has 0 amide bonds. The quantitative estimate of drug-likeness (QED) is 0.368. The van der Waals surface area contributed by atoms with Crippen molar-refractivity contribution in [1.82, 2.24) is 15.1 Å². The Hall–Kier alpha value is -4.02. The Morgan fingerprint density at radius 3 is 2.53 bits per heavy atom. The van der Waals surface area contributed by atoms with Gasteiger partial charge in [0.15, 0.2) is 5.76 Å². The summed E-state index contributed by atoms with van der Waals surface area (Å²) < 4.78 is 43.3. The second-order valence-corrected chi connectivity index (χ2v) is 6.29. The molecule has 0 fully saturated rings. The molecule has 2 heterocycles. The molecule has 0 saturated carbocycles. The van der Waals surface area contributed by atoms with Crippen molar-refractivity contribution < 1.29 is 22.6 Å². The maximum Gasteiger partial charge on any atom is 0.416 e. The van der Waals surface area contributed by atoms with E-state index >= 15 is 0 Å². The Labute approximate surface area is 166 Å². The molecule has 0 aliphatic heterocycles. The lowest BCUT2D eigenvalue weighted by Crippen LogP contribution is -2.04. The minimum atomic E-state index is -4.40. The van der Waals surface area contributed by atoms with E-state index in [1.165, 1.54) is 30.6 Å². The van der Waals surface area contributed by atoms with Gasteiger partial charge in [0, 0.05) is 29.1 Å². The van der Waals surface area contributed by atoms with Crippen LogP contribution in [0.5, 0.6) is 0 Å². The zero-order valence-corrected chi connectivity index (χ0v) is 15.1. The number of benzene rings is 2. The maximum atomic E-state index is 12.7. The zero-order valence-electron chi connectivity index (χ0n) is 15.1. The highest BCUT2D eigenvalue weighted by Crippen LogP contribution is 2.31. The Morgan fingerprint density at radius 2 is 1.83 bits per heavy atom. The average molecular weight is 415 g/mol.